The van der Waals surface area contributed by atoms with Crippen molar-refractivity contribution < 1.29 is 9.59 Å². The smallest absolute Gasteiger partial charge is 0.251 e. The van der Waals surface area contributed by atoms with Crippen molar-refractivity contribution in [2.24, 2.45) is 0 Å². The molecule has 4 rings (SSSR count). The number of hydrogen-bond acceptors (Lipinski definition) is 4. The topological polar surface area (TPSA) is 62.3 Å². The molecule has 1 N–H and O–H groups in total. The second kappa shape index (κ2) is 9.67. The monoisotopic (exact) mass is 413 g/mol. The SMILES string of the molecule is CC(=O)c1cccc(-c2cc(C(=O)NC3CCN(Cc4ccccc4)CC3)ccn2)c1. The number of likely N-dealkylation sites (tertiary alicyclic amines) is 1. The van der Waals surface area contributed by atoms with Crippen molar-refractivity contribution in [3.05, 3.63) is 89.6 Å². The number of hydrogen-bond donors (Lipinski definition) is 1. The highest BCUT2D eigenvalue weighted by atomic mass is 16.1. The Bertz CT molecular complexity index is 1060. The molecule has 5 heteroatoms. The molecule has 3 aromatic rings. The fraction of sp³-hybridized carbons (Fsp3) is 0.269. The zero-order valence-corrected chi connectivity index (χ0v) is 17.8. The molecular formula is C26H27N3O2. The number of piperidine rings is 1. The first kappa shape index (κ1) is 20.9. The van der Waals surface area contributed by atoms with Crippen LogP contribution in [0.15, 0.2) is 72.9 Å². The molecule has 1 fully saturated rings. The van der Waals surface area contributed by atoms with Crippen molar-refractivity contribution in [2.45, 2.75) is 32.4 Å². The Kier molecular flexibility index (Phi) is 6.53. The summed E-state index contributed by atoms with van der Waals surface area (Å²) in [5, 5.41) is 3.18. The zero-order valence-electron chi connectivity index (χ0n) is 17.8. The summed E-state index contributed by atoms with van der Waals surface area (Å²) >= 11 is 0. The lowest BCUT2D eigenvalue weighted by molar-refractivity contribution is 0.0908. The Hall–Kier alpha value is -3.31. The van der Waals surface area contributed by atoms with E-state index in [1.165, 1.54) is 5.56 Å². The van der Waals surface area contributed by atoms with Gasteiger partial charge in [0.05, 0.1) is 5.69 Å². The number of benzene rings is 2. The third kappa shape index (κ3) is 5.44. The molecule has 0 spiro atoms. The highest BCUT2D eigenvalue weighted by molar-refractivity contribution is 5.96. The van der Waals surface area contributed by atoms with Gasteiger partial charge in [-0.3, -0.25) is 19.5 Å². The summed E-state index contributed by atoms with van der Waals surface area (Å²) in [6, 6.07) is 21.5. The maximum absolute atomic E-state index is 12.8. The van der Waals surface area contributed by atoms with E-state index in [-0.39, 0.29) is 17.7 Å². The minimum atomic E-state index is -0.0760. The first-order chi connectivity index (χ1) is 15.1. The van der Waals surface area contributed by atoms with Crippen LogP contribution in [-0.4, -0.2) is 40.7 Å². The van der Waals surface area contributed by atoms with Crippen LogP contribution in [0, 0.1) is 0 Å². The number of aromatic nitrogens is 1. The molecule has 2 aromatic carbocycles. The number of amides is 1. The maximum Gasteiger partial charge on any atom is 0.251 e. The normalized spacial score (nSPS) is 14.9. The first-order valence-electron chi connectivity index (χ1n) is 10.7. The molecule has 1 amide bonds. The molecule has 2 heterocycles. The van der Waals surface area contributed by atoms with Crippen molar-refractivity contribution in [1.29, 1.82) is 0 Å². The molecule has 0 unspecified atom stereocenters. The number of nitrogens with zero attached hydrogens (tertiary/aromatic N) is 2. The quantitative estimate of drug-likeness (QED) is 0.611. The lowest BCUT2D eigenvalue weighted by Gasteiger charge is -2.32. The molecular weight excluding hydrogens is 386 g/mol. The zero-order chi connectivity index (χ0) is 21.6. The van der Waals surface area contributed by atoms with E-state index in [2.05, 4.69) is 39.5 Å². The molecule has 0 aliphatic carbocycles. The number of nitrogens with one attached hydrogen (secondary N) is 1. The van der Waals surface area contributed by atoms with Gasteiger partial charge in [0, 0.05) is 48.6 Å². The average Bonchev–Trinajstić information content (AvgIpc) is 2.81. The fourth-order valence-electron chi connectivity index (χ4n) is 3.97. The lowest BCUT2D eigenvalue weighted by atomic mass is 10.0. The summed E-state index contributed by atoms with van der Waals surface area (Å²) in [4.78, 5) is 31.3. The molecule has 1 aromatic heterocycles. The average molecular weight is 414 g/mol. The second-order valence-electron chi connectivity index (χ2n) is 8.08. The Morgan fingerprint density at radius 2 is 1.74 bits per heavy atom. The second-order valence-corrected chi connectivity index (χ2v) is 8.08. The molecule has 0 saturated carbocycles. The number of carbonyl (C=O) groups is 2. The highest BCUT2D eigenvalue weighted by Gasteiger charge is 2.21. The molecule has 5 nitrogen and oxygen atoms in total. The third-order valence-corrected chi connectivity index (χ3v) is 5.76. The van der Waals surface area contributed by atoms with E-state index in [1.54, 1.807) is 31.3 Å². The summed E-state index contributed by atoms with van der Waals surface area (Å²) in [5.74, 6) is -0.0674. The molecule has 1 aliphatic rings. The minimum Gasteiger partial charge on any atom is -0.349 e. The Morgan fingerprint density at radius 3 is 2.48 bits per heavy atom. The van der Waals surface area contributed by atoms with Crippen LogP contribution < -0.4 is 5.32 Å². The number of ketones is 1. The van der Waals surface area contributed by atoms with Crippen LogP contribution in [0.4, 0.5) is 0 Å². The van der Waals surface area contributed by atoms with E-state index in [9.17, 15) is 9.59 Å². The number of carbonyl (C=O) groups excluding carboxylic acids is 2. The van der Waals surface area contributed by atoms with Crippen molar-refractivity contribution in [2.75, 3.05) is 13.1 Å². The van der Waals surface area contributed by atoms with Gasteiger partial charge in [-0.1, -0.05) is 48.5 Å². The van der Waals surface area contributed by atoms with Gasteiger partial charge in [-0.05, 0) is 43.5 Å². The van der Waals surface area contributed by atoms with Crippen LogP contribution in [0.5, 0.6) is 0 Å². The summed E-state index contributed by atoms with van der Waals surface area (Å²) < 4.78 is 0. The van der Waals surface area contributed by atoms with Gasteiger partial charge in [0.2, 0.25) is 0 Å². The molecule has 31 heavy (non-hydrogen) atoms. The van der Waals surface area contributed by atoms with E-state index in [4.69, 9.17) is 0 Å². The molecule has 1 aliphatic heterocycles. The van der Waals surface area contributed by atoms with E-state index in [0.717, 1.165) is 38.0 Å². The molecule has 0 bridgehead atoms. The van der Waals surface area contributed by atoms with Crippen LogP contribution in [-0.2, 0) is 6.54 Å². The van der Waals surface area contributed by atoms with Crippen LogP contribution >= 0.6 is 0 Å². The van der Waals surface area contributed by atoms with Crippen molar-refractivity contribution in [3.63, 3.8) is 0 Å². The van der Waals surface area contributed by atoms with Gasteiger partial charge in [-0.2, -0.15) is 0 Å². The Balaban J connectivity index is 1.36. The molecule has 1 saturated heterocycles. The first-order valence-corrected chi connectivity index (χ1v) is 10.7. The van der Waals surface area contributed by atoms with Crippen LogP contribution in [0.2, 0.25) is 0 Å². The van der Waals surface area contributed by atoms with E-state index < -0.39 is 0 Å². The van der Waals surface area contributed by atoms with Crippen molar-refractivity contribution in [3.8, 4) is 11.3 Å². The number of pyridine rings is 1. The predicted molar refractivity (Wildman–Crippen MR) is 122 cm³/mol. The van der Waals surface area contributed by atoms with E-state index in [1.807, 2.05) is 24.3 Å². The summed E-state index contributed by atoms with van der Waals surface area (Å²) in [6.45, 7) is 4.44. The standard InChI is InChI=1S/C26H27N3O2/c1-19(30)21-8-5-9-22(16-21)25-17-23(10-13-27-25)26(31)28-24-11-14-29(15-12-24)18-20-6-3-2-4-7-20/h2-10,13,16-17,24H,11-12,14-15,18H2,1H3,(H,28,31). The van der Waals surface area contributed by atoms with Gasteiger partial charge < -0.3 is 5.32 Å². The van der Waals surface area contributed by atoms with Gasteiger partial charge in [0.15, 0.2) is 5.78 Å². The van der Waals surface area contributed by atoms with E-state index >= 15 is 0 Å². The van der Waals surface area contributed by atoms with Crippen molar-refractivity contribution >= 4 is 11.7 Å². The summed E-state index contributed by atoms with van der Waals surface area (Å²) in [6.07, 6.45) is 3.53. The summed E-state index contributed by atoms with van der Waals surface area (Å²) in [7, 11) is 0. The lowest BCUT2D eigenvalue weighted by Crippen LogP contribution is -2.44. The largest absolute Gasteiger partial charge is 0.349 e. The highest BCUT2D eigenvalue weighted by Crippen LogP contribution is 2.20. The van der Waals surface area contributed by atoms with Gasteiger partial charge in [-0.25, -0.2) is 0 Å². The Labute approximate surface area is 183 Å². The molecule has 158 valence electrons. The maximum atomic E-state index is 12.8. The third-order valence-electron chi connectivity index (χ3n) is 5.76. The van der Waals surface area contributed by atoms with Crippen LogP contribution in [0.25, 0.3) is 11.3 Å². The minimum absolute atomic E-state index is 0.00866. The fourth-order valence-corrected chi connectivity index (χ4v) is 3.97. The molecule has 0 radical (unpaired) electrons. The Morgan fingerprint density at radius 1 is 0.968 bits per heavy atom. The van der Waals surface area contributed by atoms with Crippen molar-refractivity contribution in [1.82, 2.24) is 15.2 Å². The van der Waals surface area contributed by atoms with Gasteiger partial charge >= 0.3 is 0 Å². The number of rotatable bonds is 6. The van der Waals surface area contributed by atoms with Gasteiger partial charge in [0.1, 0.15) is 0 Å². The van der Waals surface area contributed by atoms with Crippen LogP contribution in [0.1, 0.15) is 46.0 Å². The predicted octanol–water partition coefficient (Wildman–Crippen LogP) is 4.35. The van der Waals surface area contributed by atoms with Crippen LogP contribution in [0.3, 0.4) is 0 Å². The van der Waals surface area contributed by atoms with E-state index in [0.29, 0.717) is 16.8 Å². The molecule has 0 atom stereocenters. The van der Waals surface area contributed by atoms with Gasteiger partial charge in [-0.15, -0.1) is 0 Å². The number of Topliss-reactive ketones (excluding diaryl/α,β-unsaturated/α-hetero) is 1. The summed E-state index contributed by atoms with van der Waals surface area (Å²) in [5.41, 5.74) is 4.06. The van der Waals surface area contributed by atoms with Gasteiger partial charge in [0.25, 0.3) is 5.91 Å².